The number of alkyl halides is 3. The van der Waals surface area contributed by atoms with Crippen molar-refractivity contribution in [2.24, 2.45) is 5.41 Å². The standard InChI is InChI=1S/C11H20F3NO/c1-10(2,7-15-9-3-4-9)5-6-16-8-11(12,13)14/h9,15H,3-8H2,1-2H3. The number of rotatable bonds is 7. The summed E-state index contributed by atoms with van der Waals surface area (Å²) in [5, 5.41) is 3.38. The third-order valence-corrected chi connectivity index (χ3v) is 2.64. The van der Waals surface area contributed by atoms with Crippen molar-refractivity contribution < 1.29 is 17.9 Å². The van der Waals surface area contributed by atoms with E-state index < -0.39 is 12.8 Å². The van der Waals surface area contributed by atoms with Crippen molar-refractivity contribution in [3.8, 4) is 0 Å². The second-order valence-corrected chi connectivity index (χ2v) is 5.24. The molecule has 96 valence electrons. The highest BCUT2D eigenvalue weighted by Crippen LogP contribution is 2.24. The smallest absolute Gasteiger partial charge is 0.372 e. The van der Waals surface area contributed by atoms with E-state index in [4.69, 9.17) is 0 Å². The second kappa shape index (κ2) is 5.36. The number of hydrogen-bond donors (Lipinski definition) is 1. The van der Waals surface area contributed by atoms with E-state index >= 15 is 0 Å². The van der Waals surface area contributed by atoms with Crippen molar-refractivity contribution in [1.82, 2.24) is 5.32 Å². The maximum absolute atomic E-state index is 11.8. The lowest BCUT2D eigenvalue weighted by Crippen LogP contribution is -2.32. The first kappa shape index (κ1) is 13.8. The zero-order valence-corrected chi connectivity index (χ0v) is 9.86. The molecule has 16 heavy (non-hydrogen) atoms. The largest absolute Gasteiger partial charge is 0.411 e. The van der Waals surface area contributed by atoms with Gasteiger partial charge in [0.05, 0.1) is 0 Å². The molecule has 0 radical (unpaired) electrons. The number of halogens is 3. The molecule has 0 aromatic carbocycles. The highest BCUT2D eigenvalue weighted by molar-refractivity contribution is 4.83. The molecule has 0 amide bonds. The van der Waals surface area contributed by atoms with Gasteiger partial charge in [-0.05, 0) is 24.7 Å². The molecule has 0 heterocycles. The molecule has 0 unspecified atom stereocenters. The molecule has 0 atom stereocenters. The molecule has 0 aliphatic heterocycles. The normalized spacial score (nSPS) is 17.8. The van der Waals surface area contributed by atoms with Gasteiger partial charge < -0.3 is 10.1 Å². The van der Waals surface area contributed by atoms with Crippen LogP contribution in [0.25, 0.3) is 0 Å². The Morgan fingerprint density at radius 2 is 1.88 bits per heavy atom. The van der Waals surface area contributed by atoms with Crippen molar-refractivity contribution in [1.29, 1.82) is 0 Å². The monoisotopic (exact) mass is 239 g/mol. The Kier molecular flexibility index (Phi) is 4.62. The Hall–Kier alpha value is -0.290. The number of ether oxygens (including phenoxy) is 1. The molecule has 0 saturated heterocycles. The third kappa shape index (κ3) is 7.06. The van der Waals surface area contributed by atoms with Crippen LogP contribution in [0, 0.1) is 5.41 Å². The van der Waals surface area contributed by atoms with E-state index in [1.807, 2.05) is 13.8 Å². The predicted octanol–water partition coefficient (Wildman–Crippen LogP) is 2.73. The fraction of sp³-hybridized carbons (Fsp3) is 1.00. The molecular formula is C11H20F3NO. The summed E-state index contributed by atoms with van der Waals surface area (Å²) in [5.41, 5.74) is -0.00577. The highest BCUT2D eigenvalue weighted by Gasteiger charge is 2.28. The van der Waals surface area contributed by atoms with Crippen LogP contribution in [0.1, 0.15) is 33.1 Å². The van der Waals surface area contributed by atoms with Crippen LogP contribution in [0.5, 0.6) is 0 Å². The number of hydrogen-bond acceptors (Lipinski definition) is 2. The van der Waals surface area contributed by atoms with Gasteiger partial charge in [-0.2, -0.15) is 13.2 Å². The van der Waals surface area contributed by atoms with Crippen molar-refractivity contribution in [2.45, 2.75) is 45.3 Å². The van der Waals surface area contributed by atoms with Gasteiger partial charge in [0, 0.05) is 19.2 Å². The average Bonchev–Trinajstić information content (AvgIpc) is 2.91. The van der Waals surface area contributed by atoms with Gasteiger partial charge in [-0.15, -0.1) is 0 Å². The Morgan fingerprint density at radius 3 is 2.38 bits per heavy atom. The van der Waals surface area contributed by atoms with Gasteiger partial charge in [0.25, 0.3) is 0 Å². The highest BCUT2D eigenvalue weighted by atomic mass is 19.4. The fourth-order valence-electron chi connectivity index (χ4n) is 1.33. The summed E-state index contributed by atoms with van der Waals surface area (Å²) < 4.78 is 40.0. The topological polar surface area (TPSA) is 21.3 Å². The molecule has 5 heteroatoms. The van der Waals surface area contributed by atoms with Crippen LogP contribution < -0.4 is 5.32 Å². The molecule has 0 aromatic rings. The van der Waals surface area contributed by atoms with Gasteiger partial charge in [0.1, 0.15) is 6.61 Å². The molecule has 0 aromatic heterocycles. The molecule has 0 bridgehead atoms. The van der Waals surface area contributed by atoms with Gasteiger partial charge in [-0.1, -0.05) is 13.8 Å². The van der Waals surface area contributed by atoms with E-state index in [1.54, 1.807) is 0 Å². The minimum Gasteiger partial charge on any atom is -0.372 e. The lowest BCUT2D eigenvalue weighted by molar-refractivity contribution is -0.175. The molecule has 1 aliphatic rings. The van der Waals surface area contributed by atoms with Crippen LogP contribution in [0.15, 0.2) is 0 Å². The molecular weight excluding hydrogens is 219 g/mol. The third-order valence-electron chi connectivity index (χ3n) is 2.64. The Balaban J connectivity index is 2.04. The Morgan fingerprint density at radius 1 is 1.25 bits per heavy atom. The molecule has 0 spiro atoms. The van der Waals surface area contributed by atoms with E-state index in [2.05, 4.69) is 10.1 Å². The summed E-state index contributed by atoms with van der Waals surface area (Å²) in [7, 11) is 0. The maximum atomic E-state index is 11.8. The lowest BCUT2D eigenvalue weighted by Gasteiger charge is -2.25. The van der Waals surface area contributed by atoms with Crippen LogP contribution in [0.4, 0.5) is 13.2 Å². The molecule has 2 nitrogen and oxygen atoms in total. The summed E-state index contributed by atoms with van der Waals surface area (Å²) in [5.74, 6) is 0. The van der Waals surface area contributed by atoms with Crippen LogP contribution in [-0.4, -0.2) is 32.0 Å². The lowest BCUT2D eigenvalue weighted by atomic mass is 9.90. The van der Waals surface area contributed by atoms with Gasteiger partial charge >= 0.3 is 6.18 Å². The van der Waals surface area contributed by atoms with Gasteiger partial charge in [0.2, 0.25) is 0 Å². The van der Waals surface area contributed by atoms with Crippen molar-refractivity contribution in [2.75, 3.05) is 19.8 Å². The molecule has 1 aliphatic carbocycles. The van der Waals surface area contributed by atoms with Gasteiger partial charge in [-0.3, -0.25) is 0 Å². The Bertz CT molecular complexity index is 212. The molecule has 1 saturated carbocycles. The minimum atomic E-state index is -4.21. The first-order chi connectivity index (χ1) is 7.29. The maximum Gasteiger partial charge on any atom is 0.411 e. The SMILES string of the molecule is CC(C)(CCOCC(F)(F)F)CNC1CC1. The van der Waals surface area contributed by atoms with Crippen LogP contribution in [0.2, 0.25) is 0 Å². The van der Waals surface area contributed by atoms with E-state index in [-0.39, 0.29) is 12.0 Å². The van der Waals surface area contributed by atoms with Crippen LogP contribution >= 0.6 is 0 Å². The number of nitrogens with one attached hydrogen (secondary N) is 1. The summed E-state index contributed by atoms with van der Waals surface area (Å²) in [6.45, 7) is 3.95. The van der Waals surface area contributed by atoms with Crippen LogP contribution in [-0.2, 0) is 4.74 Å². The summed E-state index contributed by atoms with van der Waals surface area (Å²) in [6.07, 6.45) is -1.12. The summed E-state index contributed by atoms with van der Waals surface area (Å²) in [6, 6.07) is 0.635. The van der Waals surface area contributed by atoms with E-state index in [9.17, 15) is 13.2 Å². The Labute approximate surface area is 94.5 Å². The zero-order chi connectivity index (χ0) is 12.2. The first-order valence-electron chi connectivity index (χ1n) is 5.66. The van der Waals surface area contributed by atoms with Crippen molar-refractivity contribution >= 4 is 0 Å². The molecule has 1 N–H and O–H groups in total. The summed E-state index contributed by atoms with van der Waals surface area (Å²) in [4.78, 5) is 0. The zero-order valence-electron chi connectivity index (χ0n) is 9.86. The van der Waals surface area contributed by atoms with E-state index in [1.165, 1.54) is 12.8 Å². The summed E-state index contributed by atoms with van der Waals surface area (Å²) >= 11 is 0. The van der Waals surface area contributed by atoms with Crippen LogP contribution in [0.3, 0.4) is 0 Å². The van der Waals surface area contributed by atoms with Crippen molar-refractivity contribution in [3.63, 3.8) is 0 Å². The quantitative estimate of drug-likeness (QED) is 0.690. The molecule has 1 rings (SSSR count). The van der Waals surface area contributed by atoms with E-state index in [0.717, 1.165) is 6.54 Å². The predicted molar refractivity (Wildman–Crippen MR) is 56.3 cm³/mol. The van der Waals surface area contributed by atoms with E-state index in [0.29, 0.717) is 12.5 Å². The second-order valence-electron chi connectivity index (χ2n) is 5.24. The average molecular weight is 239 g/mol. The molecule has 1 fully saturated rings. The van der Waals surface area contributed by atoms with Gasteiger partial charge in [-0.25, -0.2) is 0 Å². The fourth-order valence-corrected chi connectivity index (χ4v) is 1.33. The first-order valence-corrected chi connectivity index (χ1v) is 5.66. The van der Waals surface area contributed by atoms with Gasteiger partial charge in [0.15, 0.2) is 0 Å². The minimum absolute atomic E-state index is 0.00577. The van der Waals surface area contributed by atoms with Crippen molar-refractivity contribution in [3.05, 3.63) is 0 Å².